The number of ether oxygens (including phenoxy) is 3. The minimum atomic E-state index is -0.490. The Morgan fingerprint density at radius 3 is 2.13 bits per heavy atom. The zero-order chi connectivity index (χ0) is 21.6. The van der Waals surface area contributed by atoms with Crippen molar-refractivity contribution >= 4 is 18.0 Å². The number of rotatable bonds is 12. The number of esters is 2. The fourth-order valence-electron chi connectivity index (χ4n) is 2.54. The summed E-state index contributed by atoms with van der Waals surface area (Å²) in [5, 5.41) is 0. The van der Waals surface area contributed by atoms with Crippen molar-refractivity contribution in [2.45, 2.75) is 45.4 Å². The molecule has 0 aliphatic rings. The second-order valence-electron chi connectivity index (χ2n) is 6.78. The monoisotopic (exact) mass is 409 g/mol. The van der Waals surface area contributed by atoms with E-state index >= 15 is 0 Å². The summed E-state index contributed by atoms with van der Waals surface area (Å²) in [6.45, 7) is 6.50. The molecule has 0 aromatic heterocycles. The molecule has 2 aromatic carbocycles. The third-order valence-corrected chi connectivity index (χ3v) is 4.21. The molecular weight excluding hydrogens is 380 g/mol. The summed E-state index contributed by atoms with van der Waals surface area (Å²) in [4.78, 5) is 23.6. The van der Waals surface area contributed by atoms with Gasteiger partial charge in [0.05, 0.1) is 6.61 Å². The van der Waals surface area contributed by atoms with Gasteiger partial charge in [-0.3, -0.25) is 4.79 Å². The summed E-state index contributed by atoms with van der Waals surface area (Å²) >= 11 is 0. The summed E-state index contributed by atoms with van der Waals surface area (Å²) in [5.74, 6) is 0.855. The van der Waals surface area contributed by atoms with Crippen molar-refractivity contribution in [2.75, 3.05) is 6.61 Å². The van der Waals surface area contributed by atoms with Crippen LogP contribution < -0.4 is 14.2 Å². The van der Waals surface area contributed by atoms with Crippen LogP contribution in [-0.2, 0) is 9.59 Å². The van der Waals surface area contributed by atoms with Crippen LogP contribution in [-0.4, -0.2) is 18.5 Å². The molecule has 0 aliphatic heterocycles. The molecule has 30 heavy (non-hydrogen) atoms. The molecule has 0 spiro atoms. The van der Waals surface area contributed by atoms with Crippen molar-refractivity contribution < 1.29 is 23.8 Å². The lowest BCUT2D eigenvalue weighted by atomic mass is 10.2. The summed E-state index contributed by atoms with van der Waals surface area (Å²) in [6, 6.07) is 13.9. The number of carbonyl (C=O) groups is 2. The SMILES string of the molecule is [CH2]CCCCOc1ccc(/C=C/C(=O)Oc2ccc(OC(=O)CCCC)cc2)cc1. The van der Waals surface area contributed by atoms with Crippen molar-refractivity contribution in [1.82, 2.24) is 0 Å². The van der Waals surface area contributed by atoms with Gasteiger partial charge in [0, 0.05) is 12.5 Å². The molecule has 0 fully saturated rings. The Morgan fingerprint density at radius 2 is 1.50 bits per heavy atom. The van der Waals surface area contributed by atoms with E-state index in [0.717, 1.165) is 43.4 Å². The lowest BCUT2D eigenvalue weighted by Crippen LogP contribution is -2.07. The fourth-order valence-corrected chi connectivity index (χ4v) is 2.54. The predicted molar refractivity (Wildman–Crippen MR) is 117 cm³/mol. The van der Waals surface area contributed by atoms with Crippen LogP contribution in [0.25, 0.3) is 6.08 Å². The van der Waals surface area contributed by atoms with Gasteiger partial charge in [-0.15, -0.1) is 0 Å². The number of benzene rings is 2. The maximum Gasteiger partial charge on any atom is 0.336 e. The summed E-state index contributed by atoms with van der Waals surface area (Å²) in [6.07, 6.45) is 8.12. The van der Waals surface area contributed by atoms with E-state index in [1.165, 1.54) is 6.08 Å². The Labute approximate surface area is 178 Å². The van der Waals surface area contributed by atoms with Crippen molar-refractivity contribution in [3.05, 3.63) is 67.1 Å². The number of carbonyl (C=O) groups excluding carboxylic acids is 2. The molecule has 0 bridgehead atoms. The zero-order valence-corrected chi connectivity index (χ0v) is 17.5. The highest BCUT2D eigenvalue weighted by atomic mass is 16.5. The largest absolute Gasteiger partial charge is 0.494 e. The van der Waals surface area contributed by atoms with Crippen LogP contribution in [0, 0.1) is 6.92 Å². The molecule has 5 heteroatoms. The molecular formula is C25H29O5. The lowest BCUT2D eigenvalue weighted by Gasteiger charge is -2.06. The molecule has 0 aliphatic carbocycles. The average Bonchev–Trinajstić information content (AvgIpc) is 2.76. The van der Waals surface area contributed by atoms with E-state index in [4.69, 9.17) is 14.2 Å². The highest BCUT2D eigenvalue weighted by Crippen LogP contribution is 2.19. The van der Waals surface area contributed by atoms with Crippen LogP contribution in [0.4, 0.5) is 0 Å². The highest BCUT2D eigenvalue weighted by molar-refractivity contribution is 5.88. The lowest BCUT2D eigenvalue weighted by molar-refractivity contribution is -0.134. The van der Waals surface area contributed by atoms with Crippen LogP contribution in [0.2, 0.25) is 0 Å². The van der Waals surface area contributed by atoms with E-state index in [9.17, 15) is 9.59 Å². The van der Waals surface area contributed by atoms with E-state index in [2.05, 4.69) is 6.92 Å². The third kappa shape index (κ3) is 8.95. The van der Waals surface area contributed by atoms with E-state index < -0.39 is 5.97 Å². The maximum atomic E-state index is 12.0. The zero-order valence-electron chi connectivity index (χ0n) is 17.5. The molecule has 0 heterocycles. The van der Waals surface area contributed by atoms with Crippen LogP contribution in [0.5, 0.6) is 17.2 Å². The van der Waals surface area contributed by atoms with Crippen LogP contribution in [0.3, 0.4) is 0 Å². The first-order valence-corrected chi connectivity index (χ1v) is 10.3. The van der Waals surface area contributed by atoms with Gasteiger partial charge in [0.25, 0.3) is 0 Å². The summed E-state index contributed by atoms with van der Waals surface area (Å²) in [5.41, 5.74) is 0.867. The topological polar surface area (TPSA) is 61.8 Å². The minimum Gasteiger partial charge on any atom is -0.494 e. The Morgan fingerprint density at radius 1 is 0.867 bits per heavy atom. The Kier molecular flexibility index (Phi) is 10.2. The van der Waals surface area contributed by atoms with Gasteiger partial charge >= 0.3 is 11.9 Å². The molecule has 159 valence electrons. The Bertz CT molecular complexity index is 806. The fraction of sp³-hybridized carbons (Fsp3) is 0.320. The van der Waals surface area contributed by atoms with Gasteiger partial charge in [-0.2, -0.15) is 0 Å². The number of hydrogen-bond acceptors (Lipinski definition) is 5. The first-order valence-electron chi connectivity index (χ1n) is 10.3. The molecule has 2 aromatic rings. The molecule has 0 saturated carbocycles. The number of hydrogen-bond donors (Lipinski definition) is 0. The quantitative estimate of drug-likeness (QED) is 0.192. The van der Waals surface area contributed by atoms with E-state index in [1.807, 2.05) is 31.2 Å². The van der Waals surface area contributed by atoms with E-state index in [0.29, 0.717) is 24.5 Å². The van der Waals surface area contributed by atoms with Gasteiger partial charge in [0.15, 0.2) is 0 Å². The van der Waals surface area contributed by atoms with Crippen LogP contribution >= 0.6 is 0 Å². The molecule has 0 saturated heterocycles. The van der Waals surface area contributed by atoms with Gasteiger partial charge in [-0.05, 0) is 60.9 Å². The van der Waals surface area contributed by atoms with Gasteiger partial charge in [0.1, 0.15) is 17.2 Å². The second-order valence-corrected chi connectivity index (χ2v) is 6.78. The van der Waals surface area contributed by atoms with Crippen molar-refractivity contribution in [3.8, 4) is 17.2 Å². The first kappa shape index (κ1) is 23.2. The molecule has 5 nitrogen and oxygen atoms in total. The predicted octanol–water partition coefficient (Wildman–Crippen LogP) is 5.78. The second kappa shape index (κ2) is 13.2. The minimum absolute atomic E-state index is 0.265. The number of unbranched alkanes of at least 4 members (excludes halogenated alkanes) is 3. The van der Waals surface area contributed by atoms with Crippen molar-refractivity contribution in [1.29, 1.82) is 0 Å². The average molecular weight is 410 g/mol. The van der Waals surface area contributed by atoms with Crippen LogP contribution in [0.1, 0.15) is 51.0 Å². The smallest absolute Gasteiger partial charge is 0.336 e. The van der Waals surface area contributed by atoms with Crippen LogP contribution in [0.15, 0.2) is 54.6 Å². The molecule has 0 unspecified atom stereocenters. The molecule has 2 rings (SSSR count). The van der Waals surface area contributed by atoms with Gasteiger partial charge < -0.3 is 14.2 Å². The highest BCUT2D eigenvalue weighted by Gasteiger charge is 2.06. The standard InChI is InChI=1S/C25H29O5/c1-3-5-7-19-28-21-12-9-20(10-13-21)11-18-25(27)30-23-16-14-22(15-17-23)29-24(26)8-6-4-2/h9-18H,1,3-8,19H2,2H3/b18-11+. The summed E-state index contributed by atoms with van der Waals surface area (Å²) < 4.78 is 16.1. The summed E-state index contributed by atoms with van der Waals surface area (Å²) in [7, 11) is 0. The van der Waals surface area contributed by atoms with E-state index in [1.54, 1.807) is 30.3 Å². The maximum absolute atomic E-state index is 12.0. The Balaban J connectivity index is 1.79. The molecule has 0 N–H and O–H groups in total. The molecule has 0 amide bonds. The van der Waals surface area contributed by atoms with Crippen molar-refractivity contribution in [3.63, 3.8) is 0 Å². The molecule has 0 atom stereocenters. The normalized spacial score (nSPS) is 10.7. The van der Waals surface area contributed by atoms with E-state index in [-0.39, 0.29) is 5.97 Å². The Hall–Kier alpha value is -3.08. The third-order valence-electron chi connectivity index (χ3n) is 4.21. The van der Waals surface area contributed by atoms with Gasteiger partial charge in [-0.25, -0.2) is 4.79 Å². The van der Waals surface area contributed by atoms with Gasteiger partial charge in [0.2, 0.25) is 0 Å². The van der Waals surface area contributed by atoms with Crippen molar-refractivity contribution in [2.24, 2.45) is 0 Å². The molecule has 1 radical (unpaired) electrons. The first-order chi connectivity index (χ1) is 14.6. The van der Waals surface area contributed by atoms with Gasteiger partial charge in [-0.1, -0.05) is 45.2 Å².